The van der Waals surface area contributed by atoms with Crippen molar-refractivity contribution in [1.82, 2.24) is 25.8 Å². The SMILES string of the molecule is CC[C@H](C(=O)N1CCCC[C@H]1C(=O)OC(CCc1ccc(OC)c(OC)c1)c1cccc(OCC(=O)NCCCCCCCCNC(=O)COc2cccc3c2CN(C2CCC(=O)NC2=O)C3=O)c1)c1cc(OC)c(OC)c(OC)c1. The lowest BCUT2D eigenvalue weighted by molar-refractivity contribution is -0.162. The summed E-state index contributed by atoms with van der Waals surface area (Å²) in [6, 6.07) is 19.9. The first kappa shape index (κ1) is 60.6. The second-order valence-corrected chi connectivity index (χ2v) is 20.3. The van der Waals surface area contributed by atoms with E-state index < -0.39 is 36.0 Å². The van der Waals surface area contributed by atoms with E-state index in [2.05, 4.69) is 16.0 Å². The highest BCUT2D eigenvalue weighted by Crippen LogP contribution is 2.42. The van der Waals surface area contributed by atoms with Crippen molar-refractivity contribution in [3.05, 3.63) is 101 Å². The van der Waals surface area contributed by atoms with Crippen LogP contribution in [-0.2, 0) is 46.5 Å². The van der Waals surface area contributed by atoms with Crippen LogP contribution in [0.4, 0.5) is 0 Å². The Morgan fingerprint density at radius 1 is 0.679 bits per heavy atom. The average molecular weight is 1120 g/mol. The van der Waals surface area contributed by atoms with Gasteiger partial charge in [0.1, 0.15) is 29.7 Å². The Bertz CT molecular complexity index is 2830. The lowest BCUT2D eigenvalue weighted by Gasteiger charge is -2.37. The number of fused-ring (bicyclic) bond motifs is 1. The molecule has 0 aliphatic carbocycles. The van der Waals surface area contributed by atoms with Crippen LogP contribution >= 0.6 is 0 Å². The van der Waals surface area contributed by atoms with Crippen LogP contribution in [0.2, 0.25) is 0 Å². The minimum absolute atomic E-state index is 0.153. The molecular formula is C61H77N5O15. The minimum Gasteiger partial charge on any atom is -0.493 e. The van der Waals surface area contributed by atoms with Crippen LogP contribution in [0.1, 0.15) is 135 Å². The van der Waals surface area contributed by atoms with E-state index >= 15 is 0 Å². The number of rotatable bonds is 30. The van der Waals surface area contributed by atoms with Crippen LogP contribution < -0.4 is 49.1 Å². The summed E-state index contributed by atoms with van der Waals surface area (Å²) >= 11 is 0. The smallest absolute Gasteiger partial charge is 0.329 e. The fourth-order valence-electron chi connectivity index (χ4n) is 10.6. The van der Waals surface area contributed by atoms with Crippen molar-refractivity contribution in [1.29, 1.82) is 0 Å². The molecule has 4 atom stereocenters. The van der Waals surface area contributed by atoms with Crippen molar-refractivity contribution in [3.63, 3.8) is 0 Å². The Morgan fingerprint density at radius 3 is 2.00 bits per heavy atom. The first-order valence-electron chi connectivity index (χ1n) is 28.0. The molecule has 0 bridgehead atoms. The number of imide groups is 1. The molecule has 3 N–H and O–H groups in total. The van der Waals surface area contributed by atoms with Crippen LogP contribution in [0.5, 0.6) is 40.2 Å². The molecule has 0 spiro atoms. The second-order valence-electron chi connectivity index (χ2n) is 20.3. The molecule has 3 aliphatic heterocycles. The summed E-state index contributed by atoms with van der Waals surface area (Å²) in [5.74, 6) is 0.286. The summed E-state index contributed by atoms with van der Waals surface area (Å²) in [4.78, 5) is 94.9. The number of unbranched alkanes of at least 4 members (excludes halogenated alkanes) is 5. The summed E-state index contributed by atoms with van der Waals surface area (Å²) in [5, 5.41) is 8.12. The molecule has 0 aromatic heterocycles. The average Bonchev–Trinajstić information content (AvgIpc) is 3.96. The van der Waals surface area contributed by atoms with Gasteiger partial charge in [-0.2, -0.15) is 0 Å². The van der Waals surface area contributed by atoms with Gasteiger partial charge in [-0.1, -0.05) is 56.9 Å². The number of piperidine rings is 2. The van der Waals surface area contributed by atoms with Crippen molar-refractivity contribution in [2.45, 2.75) is 127 Å². The second kappa shape index (κ2) is 30.0. The van der Waals surface area contributed by atoms with E-state index in [1.54, 1.807) is 67.7 Å². The molecule has 20 heteroatoms. The molecule has 81 heavy (non-hydrogen) atoms. The van der Waals surface area contributed by atoms with Crippen LogP contribution in [-0.4, -0.2) is 132 Å². The molecule has 6 amide bonds. The van der Waals surface area contributed by atoms with Gasteiger partial charge >= 0.3 is 5.97 Å². The largest absolute Gasteiger partial charge is 0.493 e. The summed E-state index contributed by atoms with van der Waals surface area (Å²) < 4.78 is 46.0. The molecule has 7 rings (SSSR count). The summed E-state index contributed by atoms with van der Waals surface area (Å²) in [6.07, 6.45) is 8.30. The van der Waals surface area contributed by atoms with Crippen molar-refractivity contribution >= 4 is 41.4 Å². The number of amides is 6. The number of nitrogens with one attached hydrogen (secondary N) is 3. The van der Waals surface area contributed by atoms with Crippen molar-refractivity contribution in [2.75, 3.05) is 68.4 Å². The molecule has 2 saturated heterocycles. The van der Waals surface area contributed by atoms with E-state index in [4.69, 9.17) is 37.9 Å². The first-order valence-corrected chi connectivity index (χ1v) is 28.0. The highest BCUT2D eigenvalue weighted by atomic mass is 16.5. The number of carbonyl (C=O) groups is 7. The predicted molar refractivity (Wildman–Crippen MR) is 299 cm³/mol. The standard InChI is InChI=1S/C61H77N5O15/c1-7-43(41-34-52(76-4)57(78-6)53(35-41)77-5)59(71)65-31-15-12-21-47(65)61(73)81-48(26-23-39-24-27-50(74-2)51(32-39)75-3)40-18-16-19-42(33-40)79-37-55(68)62-29-13-10-8-9-11-14-30-63-56(69)38-80-49-22-17-20-44-45(49)36-66(60(44)72)46-25-28-54(67)64-58(46)70/h16-20,22,24,27,32-35,43,46-48H,7-15,21,23,25-26,28-31,36-38H2,1-6H3,(H,62,68)(H,63,69)(H,64,67,70)/t43-,46?,47-,48?/m0/s1. The molecule has 3 aliphatic rings. The van der Waals surface area contributed by atoms with E-state index in [-0.39, 0.29) is 62.1 Å². The molecule has 20 nitrogen and oxygen atoms in total. The third-order valence-electron chi connectivity index (χ3n) is 15.0. The number of carbonyl (C=O) groups excluding carboxylic acids is 7. The zero-order valence-corrected chi connectivity index (χ0v) is 47.4. The van der Waals surface area contributed by atoms with Crippen LogP contribution in [0.25, 0.3) is 0 Å². The topological polar surface area (TPSA) is 236 Å². The van der Waals surface area contributed by atoms with Crippen LogP contribution in [0.15, 0.2) is 72.8 Å². The van der Waals surface area contributed by atoms with E-state index in [0.717, 1.165) is 56.9 Å². The van der Waals surface area contributed by atoms with Crippen LogP contribution in [0, 0.1) is 0 Å². The first-order chi connectivity index (χ1) is 39.3. The maximum Gasteiger partial charge on any atom is 0.329 e. The number of benzene rings is 4. The van der Waals surface area contributed by atoms with Crippen LogP contribution in [0.3, 0.4) is 0 Å². The van der Waals surface area contributed by atoms with Crippen molar-refractivity contribution in [3.8, 4) is 40.2 Å². The molecule has 0 saturated carbocycles. The van der Waals surface area contributed by atoms with Gasteiger partial charge in [-0.05, 0) is 123 Å². The number of aryl methyl sites for hydroxylation is 1. The Balaban J connectivity index is 0.851. The summed E-state index contributed by atoms with van der Waals surface area (Å²) in [7, 11) is 7.73. The molecule has 2 fully saturated rings. The molecule has 4 aromatic rings. The molecule has 4 aromatic carbocycles. The zero-order valence-electron chi connectivity index (χ0n) is 47.4. The van der Waals surface area contributed by atoms with Gasteiger partial charge in [0.25, 0.3) is 17.7 Å². The minimum atomic E-state index is -0.814. The molecule has 2 unspecified atom stereocenters. The Kier molecular flexibility index (Phi) is 22.4. The van der Waals surface area contributed by atoms with E-state index in [1.807, 2.05) is 31.2 Å². The zero-order chi connectivity index (χ0) is 57.8. The third-order valence-corrected chi connectivity index (χ3v) is 15.0. The Labute approximate surface area is 473 Å². The maximum absolute atomic E-state index is 14.5. The number of ether oxygens (including phenoxy) is 8. The summed E-state index contributed by atoms with van der Waals surface area (Å²) in [5.41, 5.74) is 3.31. The fraction of sp³-hybridized carbons (Fsp3) is 0.492. The van der Waals surface area contributed by atoms with Crippen molar-refractivity contribution in [2.24, 2.45) is 0 Å². The normalized spacial score (nSPS) is 16.5. The maximum atomic E-state index is 14.5. The highest BCUT2D eigenvalue weighted by Gasteiger charge is 2.41. The third kappa shape index (κ3) is 15.9. The number of hydrogen-bond donors (Lipinski definition) is 3. The lowest BCUT2D eigenvalue weighted by Crippen LogP contribution is -2.52. The predicted octanol–water partition coefficient (Wildman–Crippen LogP) is 7.31. The van der Waals surface area contributed by atoms with Gasteiger partial charge in [0, 0.05) is 37.2 Å². The van der Waals surface area contributed by atoms with E-state index in [0.29, 0.717) is 108 Å². The monoisotopic (exact) mass is 1120 g/mol. The number of methoxy groups -OCH3 is 5. The lowest BCUT2D eigenvalue weighted by atomic mass is 9.91. The van der Waals surface area contributed by atoms with Gasteiger partial charge in [-0.25, -0.2) is 4.79 Å². The Morgan fingerprint density at radius 2 is 1.35 bits per heavy atom. The molecule has 3 heterocycles. The van der Waals surface area contributed by atoms with E-state index in [9.17, 15) is 33.6 Å². The number of likely N-dealkylation sites (tertiary alicyclic amines) is 1. The highest BCUT2D eigenvalue weighted by molar-refractivity contribution is 6.05. The molecule has 436 valence electrons. The fourth-order valence-corrected chi connectivity index (χ4v) is 10.6. The molecule has 0 radical (unpaired) electrons. The number of nitrogens with zero attached hydrogens (tertiary/aromatic N) is 2. The number of hydrogen-bond acceptors (Lipinski definition) is 15. The van der Waals surface area contributed by atoms with Gasteiger partial charge in [0.2, 0.25) is 23.5 Å². The van der Waals surface area contributed by atoms with Gasteiger partial charge in [-0.15, -0.1) is 0 Å². The quantitative estimate of drug-likeness (QED) is 0.0264. The van der Waals surface area contributed by atoms with Crippen molar-refractivity contribution < 1.29 is 71.5 Å². The Hall–Kier alpha value is -8.03. The van der Waals surface area contributed by atoms with Gasteiger partial charge in [-0.3, -0.25) is 34.1 Å². The van der Waals surface area contributed by atoms with Gasteiger partial charge in [0.05, 0.1) is 48.0 Å². The number of esters is 1. The summed E-state index contributed by atoms with van der Waals surface area (Å²) in [6.45, 7) is 3.02. The van der Waals surface area contributed by atoms with Gasteiger partial charge in [0.15, 0.2) is 36.2 Å². The van der Waals surface area contributed by atoms with Gasteiger partial charge < -0.3 is 58.3 Å². The molecular weight excluding hydrogens is 1040 g/mol. The van der Waals surface area contributed by atoms with E-state index in [1.165, 1.54) is 26.2 Å².